The smallest absolute Gasteiger partial charge is 0.303 e. The summed E-state index contributed by atoms with van der Waals surface area (Å²) >= 11 is 1.69. The summed E-state index contributed by atoms with van der Waals surface area (Å²) in [4.78, 5) is 24.6. The molecule has 0 spiro atoms. The Labute approximate surface area is 182 Å². The number of hydrogen-bond donors (Lipinski definition) is 2. The predicted molar refractivity (Wildman–Crippen MR) is 122 cm³/mol. The number of aliphatic hydroxyl groups excluding tert-OH is 1. The van der Waals surface area contributed by atoms with Gasteiger partial charge < -0.3 is 15.1 Å². The summed E-state index contributed by atoms with van der Waals surface area (Å²) in [5.41, 5.74) is 3.74. The molecule has 1 aliphatic heterocycles. The maximum atomic E-state index is 12.2. The monoisotopic (exact) mass is 429 g/mol. The topological polar surface area (TPSA) is 77.8 Å². The fourth-order valence-electron chi connectivity index (χ4n) is 4.01. The predicted octanol–water partition coefficient (Wildman–Crippen LogP) is 3.69. The van der Waals surface area contributed by atoms with Crippen LogP contribution in [0.3, 0.4) is 0 Å². The molecule has 0 saturated carbocycles. The average Bonchev–Trinajstić information content (AvgIpc) is 3.08. The number of hydrogen-bond acceptors (Lipinski definition) is 4. The Bertz CT molecular complexity index is 804. The third-order valence-electron chi connectivity index (χ3n) is 5.62. The van der Waals surface area contributed by atoms with Crippen molar-refractivity contribution >= 4 is 29.7 Å². The summed E-state index contributed by atoms with van der Waals surface area (Å²) in [6.45, 7) is 0.666. The van der Waals surface area contributed by atoms with Crippen molar-refractivity contribution in [2.45, 2.75) is 57.1 Å². The molecular formula is C24H31NO4S. The Kier molecular flexibility index (Phi) is 8.58. The first-order chi connectivity index (χ1) is 14.5. The molecule has 1 fully saturated rings. The molecule has 2 atom stereocenters. The van der Waals surface area contributed by atoms with Gasteiger partial charge in [-0.3, -0.25) is 9.59 Å². The van der Waals surface area contributed by atoms with Gasteiger partial charge in [0, 0.05) is 31.6 Å². The van der Waals surface area contributed by atoms with Gasteiger partial charge >= 0.3 is 5.97 Å². The average molecular weight is 430 g/mol. The molecular weight excluding hydrogens is 398 g/mol. The number of benzene rings is 1. The van der Waals surface area contributed by atoms with E-state index in [1.807, 2.05) is 17.1 Å². The van der Waals surface area contributed by atoms with E-state index in [0.29, 0.717) is 25.8 Å². The number of fused-ring (bicyclic) bond motifs is 1. The Morgan fingerprint density at radius 1 is 1.30 bits per heavy atom. The Morgan fingerprint density at radius 3 is 3.00 bits per heavy atom. The van der Waals surface area contributed by atoms with E-state index in [9.17, 15) is 14.7 Å². The summed E-state index contributed by atoms with van der Waals surface area (Å²) in [6, 6.07) is 6.46. The first kappa shape index (κ1) is 22.6. The lowest BCUT2D eigenvalue weighted by atomic mass is 9.94. The molecule has 1 aromatic carbocycles. The lowest BCUT2D eigenvalue weighted by Crippen LogP contribution is -2.34. The minimum Gasteiger partial charge on any atom is -0.481 e. The van der Waals surface area contributed by atoms with Crippen molar-refractivity contribution in [1.82, 2.24) is 4.90 Å². The Balaban J connectivity index is 1.46. The van der Waals surface area contributed by atoms with Gasteiger partial charge in [0.2, 0.25) is 5.91 Å². The number of rotatable bonds is 11. The molecule has 3 rings (SSSR count). The standard InChI is InChI=1S/C24H31NO4S/c26-22(17-18-7-8-19-4-1-2-5-20(19)16-18)11-9-21-10-12-23(27)25(21)13-15-30-14-3-6-24(28)29/h2,5,7-9,11,16,21-22,26H,1,3-4,6,10,12-15,17H2,(H,28,29)/b11-9+/t21?,22-/m1/s1. The molecule has 1 saturated heterocycles. The van der Waals surface area contributed by atoms with Gasteiger partial charge in [-0.2, -0.15) is 11.8 Å². The SMILES string of the molecule is O=C(O)CCCSCCN1C(=O)CCC1/C=C/[C@@H](O)Cc1ccc2c(c1)C=CCC2. The minimum atomic E-state index is -0.763. The number of amides is 1. The molecule has 0 aromatic heterocycles. The molecule has 1 aliphatic carbocycles. The number of aryl methyl sites for hydroxylation is 1. The minimum absolute atomic E-state index is 0.0400. The molecule has 1 unspecified atom stereocenters. The van der Waals surface area contributed by atoms with Crippen LogP contribution in [0.2, 0.25) is 0 Å². The molecule has 0 bridgehead atoms. The summed E-state index contributed by atoms with van der Waals surface area (Å²) < 4.78 is 0. The molecule has 2 aliphatic rings. The number of carbonyl (C=O) groups is 2. The number of carboxylic acid groups (broad SMARTS) is 1. The number of allylic oxidation sites excluding steroid dienone is 1. The summed E-state index contributed by atoms with van der Waals surface area (Å²) in [6.07, 6.45) is 12.5. The molecule has 1 amide bonds. The molecule has 1 heterocycles. The van der Waals surface area contributed by atoms with Crippen LogP contribution < -0.4 is 0 Å². The lowest BCUT2D eigenvalue weighted by Gasteiger charge is -2.22. The quantitative estimate of drug-likeness (QED) is 0.414. The highest BCUT2D eigenvalue weighted by Crippen LogP contribution is 2.23. The van der Waals surface area contributed by atoms with Crippen molar-refractivity contribution in [2.75, 3.05) is 18.1 Å². The van der Waals surface area contributed by atoms with Crippen molar-refractivity contribution < 1.29 is 19.8 Å². The van der Waals surface area contributed by atoms with Crippen LogP contribution in [0.25, 0.3) is 6.08 Å². The van der Waals surface area contributed by atoms with Gasteiger partial charge in [0.05, 0.1) is 12.1 Å². The van der Waals surface area contributed by atoms with E-state index < -0.39 is 12.1 Å². The third kappa shape index (κ3) is 6.74. The van der Waals surface area contributed by atoms with Crippen LogP contribution in [-0.2, 0) is 22.4 Å². The van der Waals surface area contributed by atoms with Crippen LogP contribution in [0.1, 0.15) is 48.8 Å². The Hall–Kier alpha value is -2.05. The number of carbonyl (C=O) groups excluding carboxylic acids is 1. The molecule has 1 aromatic rings. The number of aliphatic carboxylic acids is 1. The number of thioether (sulfide) groups is 1. The zero-order valence-electron chi connectivity index (χ0n) is 17.3. The fourth-order valence-corrected chi connectivity index (χ4v) is 4.88. The second-order valence-corrected chi connectivity index (χ2v) is 9.16. The van der Waals surface area contributed by atoms with Gasteiger partial charge in [-0.1, -0.05) is 42.5 Å². The van der Waals surface area contributed by atoms with Crippen molar-refractivity contribution in [1.29, 1.82) is 0 Å². The largest absolute Gasteiger partial charge is 0.481 e. The van der Waals surface area contributed by atoms with Gasteiger partial charge in [0.25, 0.3) is 0 Å². The van der Waals surface area contributed by atoms with E-state index in [4.69, 9.17) is 5.11 Å². The zero-order chi connectivity index (χ0) is 21.3. The lowest BCUT2D eigenvalue weighted by molar-refractivity contribution is -0.137. The highest BCUT2D eigenvalue weighted by Gasteiger charge is 2.28. The maximum absolute atomic E-state index is 12.2. The second-order valence-electron chi connectivity index (χ2n) is 7.93. The summed E-state index contributed by atoms with van der Waals surface area (Å²) in [5, 5.41) is 19.1. The first-order valence-corrected chi connectivity index (χ1v) is 11.9. The summed E-state index contributed by atoms with van der Waals surface area (Å²) in [7, 11) is 0. The molecule has 5 nitrogen and oxygen atoms in total. The van der Waals surface area contributed by atoms with E-state index in [0.717, 1.165) is 36.3 Å². The van der Waals surface area contributed by atoms with E-state index in [2.05, 4.69) is 30.4 Å². The number of nitrogens with zero attached hydrogens (tertiary/aromatic N) is 1. The molecule has 6 heteroatoms. The van der Waals surface area contributed by atoms with Crippen LogP contribution in [0, 0.1) is 0 Å². The normalized spacial score (nSPS) is 19.4. The number of carboxylic acids is 1. The summed E-state index contributed by atoms with van der Waals surface area (Å²) in [5.74, 6) is 0.998. The van der Waals surface area contributed by atoms with Crippen molar-refractivity contribution in [3.05, 3.63) is 53.1 Å². The van der Waals surface area contributed by atoms with Crippen molar-refractivity contribution in [3.63, 3.8) is 0 Å². The van der Waals surface area contributed by atoms with Crippen LogP contribution in [0.5, 0.6) is 0 Å². The molecule has 162 valence electrons. The molecule has 2 N–H and O–H groups in total. The highest BCUT2D eigenvalue weighted by atomic mass is 32.2. The number of aliphatic hydroxyl groups is 1. The van der Waals surface area contributed by atoms with E-state index in [-0.39, 0.29) is 18.4 Å². The molecule has 0 radical (unpaired) electrons. The van der Waals surface area contributed by atoms with Gasteiger partial charge in [-0.05, 0) is 48.1 Å². The zero-order valence-corrected chi connectivity index (χ0v) is 18.2. The van der Waals surface area contributed by atoms with Gasteiger partial charge in [0.15, 0.2) is 0 Å². The van der Waals surface area contributed by atoms with Crippen molar-refractivity contribution in [3.8, 4) is 0 Å². The van der Waals surface area contributed by atoms with Crippen LogP contribution >= 0.6 is 11.8 Å². The van der Waals surface area contributed by atoms with Gasteiger partial charge in [-0.15, -0.1) is 0 Å². The van der Waals surface area contributed by atoms with E-state index in [1.54, 1.807) is 11.8 Å². The maximum Gasteiger partial charge on any atom is 0.303 e. The third-order valence-corrected chi connectivity index (χ3v) is 6.67. The molecule has 30 heavy (non-hydrogen) atoms. The van der Waals surface area contributed by atoms with E-state index >= 15 is 0 Å². The van der Waals surface area contributed by atoms with Crippen LogP contribution in [0.15, 0.2) is 36.4 Å². The Morgan fingerprint density at radius 2 is 2.17 bits per heavy atom. The van der Waals surface area contributed by atoms with Crippen LogP contribution in [0.4, 0.5) is 0 Å². The van der Waals surface area contributed by atoms with Crippen molar-refractivity contribution in [2.24, 2.45) is 0 Å². The first-order valence-electron chi connectivity index (χ1n) is 10.8. The van der Waals surface area contributed by atoms with Gasteiger partial charge in [-0.25, -0.2) is 0 Å². The van der Waals surface area contributed by atoms with Crippen LogP contribution in [-0.4, -0.2) is 57.2 Å². The highest BCUT2D eigenvalue weighted by molar-refractivity contribution is 7.99. The van der Waals surface area contributed by atoms with E-state index in [1.165, 1.54) is 11.1 Å². The second kappa shape index (κ2) is 11.4. The number of likely N-dealkylation sites (tertiary alicyclic amines) is 1. The van der Waals surface area contributed by atoms with Gasteiger partial charge in [0.1, 0.15) is 0 Å². The fraction of sp³-hybridized carbons (Fsp3) is 0.500.